The van der Waals surface area contributed by atoms with Gasteiger partial charge in [-0.2, -0.15) is 0 Å². The van der Waals surface area contributed by atoms with Crippen molar-refractivity contribution in [2.24, 2.45) is 0 Å². The molecule has 0 saturated carbocycles. The third-order valence-electron chi connectivity index (χ3n) is 7.62. The fourth-order valence-electron chi connectivity index (χ4n) is 5.28. The first-order valence-electron chi connectivity index (χ1n) is 14.9. The van der Waals surface area contributed by atoms with Gasteiger partial charge in [0, 0.05) is 20.9 Å². The summed E-state index contributed by atoms with van der Waals surface area (Å²) in [6, 6.07) is 16.9. The van der Waals surface area contributed by atoms with Crippen molar-refractivity contribution in [3.8, 4) is 40.4 Å². The predicted octanol–water partition coefficient (Wildman–Crippen LogP) is 12.1. The van der Waals surface area contributed by atoms with Crippen LogP contribution in [-0.2, 0) is 12.8 Å². The number of hydrogen-bond acceptors (Lipinski definition) is 7. The molecular formula is C34H32F2N2O4S3. The van der Waals surface area contributed by atoms with Crippen LogP contribution in [0.3, 0.4) is 0 Å². The van der Waals surface area contributed by atoms with E-state index in [0.717, 1.165) is 96.5 Å². The molecule has 0 atom stereocenters. The van der Waals surface area contributed by atoms with E-state index in [-0.39, 0.29) is 21.4 Å². The van der Waals surface area contributed by atoms with Crippen molar-refractivity contribution < 1.29 is 18.6 Å². The van der Waals surface area contributed by atoms with Gasteiger partial charge in [0.15, 0.2) is 0 Å². The molecule has 0 unspecified atom stereocenters. The zero-order chi connectivity index (χ0) is 32.1. The van der Waals surface area contributed by atoms with Crippen molar-refractivity contribution in [3.05, 3.63) is 104 Å². The molecule has 0 aliphatic carbocycles. The number of benzene rings is 2. The van der Waals surface area contributed by atoms with Crippen LogP contribution in [0.1, 0.15) is 63.5 Å². The van der Waals surface area contributed by atoms with Gasteiger partial charge in [-0.3, -0.25) is 20.2 Å². The van der Waals surface area contributed by atoms with Crippen molar-refractivity contribution in [1.29, 1.82) is 0 Å². The van der Waals surface area contributed by atoms with Gasteiger partial charge in [0.2, 0.25) is 0 Å². The van der Waals surface area contributed by atoms with Crippen LogP contribution in [0.4, 0.5) is 20.2 Å². The largest absolute Gasteiger partial charge is 0.366 e. The Morgan fingerprint density at radius 1 is 0.578 bits per heavy atom. The van der Waals surface area contributed by atoms with E-state index in [4.69, 9.17) is 0 Å². The van der Waals surface area contributed by atoms with Crippen LogP contribution in [0.5, 0.6) is 0 Å². The Hall–Kier alpha value is -3.80. The maximum atomic E-state index is 15.1. The van der Waals surface area contributed by atoms with E-state index < -0.39 is 21.2 Å². The molecule has 3 heterocycles. The van der Waals surface area contributed by atoms with E-state index in [1.54, 1.807) is 36.4 Å². The summed E-state index contributed by atoms with van der Waals surface area (Å²) in [7, 11) is 0. The summed E-state index contributed by atoms with van der Waals surface area (Å²) in [4.78, 5) is 25.3. The van der Waals surface area contributed by atoms with Crippen LogP contribution in [0.15, 0.2) is 60.7 Å². The topological polar surface area (TPSA) is 86.3 Å². The van der Waals surface area contributed by atoms with Gasteiger partial charge in [-0.05, 0) is 73.2 Å². The fourth-order valence-corrected chi connectivity index (χ4v) is 8.81. The van der Waals surface area contributed by atoms with Crippen LogP contribution in [0.2, 0.25) is 0 Å². The molecule has 11 heteroatoms. The Morgan fingerprint density at radius 2 is 0.978 bits per heavy atom. The average molecular weight is 667 g/mol. The minimum Gasteiger partial charge on any atom is -0.258 e. The first kappa shape index (κ1) is 32.6. The summed E-state index contributed by atoms with van der Waals surface area (Å²) in [6.07, 6.45) is 7.83. The van der Waals surface area contributed by atoms with E-state index in [1.165, 1.54) is 12.1 Å². The third-order valence-corrected chi connectivity index (χ3v) is 11.4. The first-order valence-corrected chi connectivity index (χ1v) is 17.4. The van der Waals surface area contributed by atoms with Crippen LogP contribution >= 0.6 is 34.0 Å². The zero-order valence-electron chi connectivity index (χ0n) is 24.9. The van der Waals surface area contributed by atoms with Gasteiger partial charge in [-0.15, -0.1) is 34.0 Å². The molecule has 0 N–H and O–H groups in total. The van der Waals surface area contributed by atoms with Crippen molar-refractivity contribution in [2.45, 2.75) is 65.2 Å². The zero-order valence-corrected chi connectivity index (χ0v) is 27.4. The summed E-state index contributed by atoms with van der Waals surface area (Å²) in [5.74, 6) is -0.755. The average Bonchev–Trinajstić information content (AvgIpc) is 3.76. The van der Waals surface area contributed by atoms with Gasteiger partial charge in [0.25, 0.3) is 0 Å². The van der Waals surface area contributed by atoms with E-state index in [1.807, 2.05) is 12.1 Å². The maximum absolute atomic E-state index is 15.1. The van der Waals surface area contributed by atoms with E-state index in [9.17, 15) is 20.2 Å². The molecule has 0 radical (unpaired) electrons. The van der Waals surface area contributed by atoms with Crippen molar-refractivity contribution in [1.82, 2.24) is 0 Å². The highest BCUT2D eigenvalue weighted by molar-refractivity contribution is 7.28. The Bertz CT molecular complexity index is 1710. The van der Waals surface area contributed by atoms with Crippen LogP contribution in [0, 0.1) is 31.9 Å². The minimum atomic E-state index is -0.732. The number of thiophene rings is 3. The Labute approximate surface area is 272 Å². The van der Waals surface area contributed by atoms with Crippen LogP contribution in [0.25, 0.3) is 40.4 Å². The molecule has 0 bridgehead atoms. The molecule has 0 spiro atoms. The summed E-state index contributed by atoms with van der Waals surface area (Å²) < 4.78 is 30.2. The van der Waals surface area contributed by atoms with Crippen LogP contribution < -0.4 is 0 Å². The Morgan fingerprint density at radius 3 is 1.33 bits per heavy atom. The number of unbranched alkanes of at least 4 members (excludes halogenated alkanes) is 4. The lowest BCUT2D eigenvalue weighted by Gasteiger charge is -2.05. The second-order valence-electron chi connectivity index (χ2n) is 10.8. The molecule has 5 rings (SSSR count). The van der Waals surface area contributed by atoms with Gasteiger partial charge in [-0.1, -0.05) is 63.8 Å². The first-order chi connectivity index (χ1) is 21.7. The smallest absolute Gasteiger partial charge is 0.258 e. The molecule has 6 nitrogen and oxygen atoms in total. The lowest BCUT2D eigenvalue weighted by atomic mass is 10.0. The normalized spacial score (nSPS) is 11.3. The molecule has 0 aliphatic rings. The highest BCUT2D eigenvalue weighted by Gasteiger charge is 2.39. The van der Waals surface area contributed by atoms with Crippen molar-refractivity contribution in [2.75, 3.05) is 0 Å². The number of aryl methyl sites for hydroxylation is 2. The molecule has 0 fully saturated rings. The molecule has 234 valence electrons. The van der Waals surface area contributed by atoms with Gasteiger partial charge in [0.05, 0.1) is 19.6 Å². The second kappa shape index (κ2) is 14.5. The molecule has 0 aliphatic heterocycles. The van der Waals surface area contributed by atoms with Gasteiger partial charge < -0.3 is 0 Å². The highest BCUT2D eigenvalue weighted by Crippen LogP contribution is 2.55. The van der Waals surface area contributed by atoms with Crippen molar-refractivity contribution in [3.63, 3.8) is 0 Å². The molecule has 2 aromatic carbocycles. The van der Waals surface area contributed by atoms with E-state index in [0.29, 0.717) is 30.6 Å². The lowest BCUT2D eigenvalue weighted by Crippen LogP contribution is -1.95. The second-order valence-corrected chi connectivity index (χ2v) is 14.0. The number of hydrogen-bond donors (Lipinski definition) is 0. The monoisotopic (exact) mass is 666 g/mol. The predicted molar refractivity (Wildman–Crippen MR) is 181 cm³/mol. The standard InChI is InChI=1S/C34H32F2N2O4S3/c1-3-5-7-9-21-11-13-23(25(35)19-21)27-15-17-29(43-27)33-31(37(39)40)32(38(41)42)34(45-33)30-18-16-28(44-30)24-14-12-22(20-26(24)36)10-8-6-4-2/h11-20H,3-10H2,1-2H3. The molecule has 0 amide bonds. The lowest BCUT2D eigenvalue weighted by molar-refractivity contribution is -0.420. The molecular weight excluding hydrogens is 635 g/mol. The number of nitrogens with zero attached hydrogens (tertiary/aromatic N) is 2. The Kier molecular flexibility index (Phi) is 10.5. The molecule has 45 heavy (non-hydrogen) atoms. The summed E-state index contributed by atoms with van der Waals surface area (Å²) in [5.41, 5.74) is 1.37. The Balaban J connectivity index is 1.49. The molecule has 5 aromatic rings. The van der Waals surface area contributed by atoms with Gasteiger partial charge in [0.1, 0.15) is 21.4 Å². The number of halogens is 2. The summed E-state index contributed by atoms with van der Waals surface area (Å²) in [6.45, 7) is 4.22. The summed E-state index contributed by atoms with van der Waals surface area (Å²) in [5, 5.41) is 24.5. The highest BCUT2D eigenvalue weighted by atomic mass is 32.1. The SMILES string of the molecule is CCCCCc1ccc(-c2ccc(-c3sc(-c4ccc(-c5ccc(CCCCC)cc5F)s4)c([N+](=O)[O-])c3[N+](=O)[O-])s2)c(F)c1. The summed E-state index contributed by atoms with van der Waals surface area (Å²) >= 11 is 3.25. The fraction of sp³-hybridized carbons (Fsp3) is 0.294. The number of nitro groups is 2. The van der Waals surface area contributed by atoms with E-state index in [2.05, 4.69) is 13.8 Å². The third kappa shape index (κ3) is 7.21. The number of rotatable bonds is 14. The molecule has 3 aromatic heterocycles. The van der Waals surface area contributed by atoms with Gasteiger partial charge in [-0.25, -0.2) is 8.78 Å². The minimum absolute atomic E-state index is 0.132. The van der Waals surface area contributed by atoms with E-state index >= 15 is 8.78 Å². The molecule has 0 saturated heterocycles. The van der Waals surface area contributed by atoms with Crippen molar-refractivity contribution >= 4 is 45.4 Å². The quantitative estimate of drug-likeness (QED) is 0.0670. The van der Waals surface area contributed by atoms with Gasteiger partial charge >= 0.3 is 11.4 Å². The maximum Gasteiger partial charge on any atom is 0.366 e. The van der Waals surface area contributed by atoms with Crippen LogP contribution in [-0.4, -0.2) is 9.85 Å².